The summed E-state index contributed by atoms with van der Waals surface area (Å²) in [7, 11) is 1.31. The molecule has 0 fully saturated rings. The van der Waals surface area contributed by atoms with Gasteiger partial charge in [0.1, 0.15) is 6.26 Å². The molecular formula is C9H6BrNO3. The van der Waals surface area contributed by atoms with Gasteiger partial charge < -0.3 is 9.15 Å². The number of carbonyl (C=O) groups excluding carboxylic acids is 1. The van der Waals surface area contributed by atoms with Crippen LogP contribution in [0.5, 0.6) is 0 Å². The van der Waals surface area contributed by atoms with Crippen molar-refractivity contribution in [2.75, 3.05) is 7.11 Å². The minimum absolute atomic E-state index is 0.190. The fraction of sp³-hybridized carbons (Fsp3) is 0.111. The summed E-state index contributed by atoms with van der Waals surface area (Å²) in [6, 6.07) is 1.76. The molecule has 0 saturated carbocycles. The van der Waals surface area contributed by atoms with Crippen molar-refractivity contribution in [2.45, 2.75) is 0 Å². The van der Waals surface area contributed by atoms with Gasteiger partial charge in [-0.3, -0.25) is 0 Å². The first-order valence-corrected chi connectivity index (χ1v) is 4.63. The van der Waals surface area contributed by atoms with Gasteiger partial charge in [-0.05, 0) is 22.0 Å². The van der Waals surface area contributed by atoms with Gasteiger partial charge >= 0.3 is 5.97 Å². The number of nitrogens with zero attached hydrogens (tertiary/aromatic N) is 1. The molecule has 4 nitrogen and oxygen atoms in total. The van der Waals surface area contributed by atoms with Crippen molar-refractivity contribution in [1.29, 1.82) is 0 Å². The second-order valence-electron chi connectivity index (χ2n) is 2.61. The summed E-state index contributed by atoms with van der Waals surface area (Å²) in [5, 5.41) is 0.806. The number of carbonyl (C=O) groups is 1. The van der Waals surface area contributed by atoms with Crippen LogP contribution < -0.4 is 0 Å². The van der Waals surface area contributed by atoms with Gasteiger partial charge in [-0.15, -0.1) is 0 Å². The number of fused-ring (bicyclic) bond motifs is 1. The lowest BCUT2D eigenvalue weighted by molar-refractivity contribution is 0.0595. The fourth-order valence-electron chi connectivity index (χ4n) is 1.17. The Balaban J connectivity index is 2.71. The van der Waals surface area contributed by atoms with E-state index in [-0.39, 0.29) is 5.69 Å². The van der Waals surface area contributed by atoms with Gasteiger partial charge in [0.25, 0.3) is 0 Å². The number of esters is 1. The summed E-state index contributed by atoms with van der Waals surface area (Å²) in [5.41, 5.74) is 0.627. The first-order valence-electron chi connectivity index (χ1n) is 3.84. The van der Waals surface area contributed by atoms with Gasteiger partial charge in [-0.1, -0.05) is 0 Å². The molecule has 5 heteroatoms. The molecule has 0 amide bonds. The van der Waals surface area contributed by atoms with E-state index in [1.807, 2.05) is 0 Å². The van der Waals surface area contributed by atoms with Gasteiger partial charge in [0, 0.05) is 11.6 Å². The van der Waals surface area contributed by atoms with Crippen LogP contribution in [0.2, 0.25) is 0 Å². The van der Waals surface area contributed by atoms with Crippen LogP contribution >= 0.6 is 15.9 Å². The van der Waals surface area contributed by atoms with E-state index in [4.69, 9.17) is 4.42 Å². The minimum atomic E-state index is -0.502. The smallest absolute Gasteiger partial charge is 0.360 e. The van der Waals surface area contributed by atoms with Crippen molar-refractivity contribution in [3.05, 3.63) is 28.7 Å². The number of hydrogen-bond acceptors (Lipinski definition) is 4. The van der Waals surface area contributed by atoms with E-state index in [1.165, 1.54) is 19.6 Å². The van der Waals surface area contributed by atoms with Crippen LogP contribution in [0.3, 0.4) is 0 Å². The molecule has 14 heavy (non-hydrogen) atoms. The molecule has 2 rings (SSSR count). The molecule has 2 heterocycles. The highest BCUT2D eigenvalue weighted by atomic mass is 79.9. The second-order valence-corrected chi connectivity index (χ2v) is 3.47. The van der Waals surface area contributed by atoms with Crippen molar-refractivity contribution in [3.8, 4) is 0 Å². The van der Waals surface area contributed by atoms with Crippen LogP contribution in [-0.4, -0.2) is 18.1 Å². The third-order valence-electron chi connectivity index (χ3n) is 1.82. The third-order valence-corrected chi connectivity index (χ3v) is 2.43. The van der Waals surface area contributed by atoms with E-state index in [2.05, 4.69) is 25.7 Å². The highest BCUT2D eigenvalue weighted by Gasteiger charge is 2.16. The van der Waals surface area contributed by atoms with Gasteiger partial charge in [0.2, 0.25) is 0 Å². The zero-order valence-corrected chi connectivity index (χ0v) is 8.87. The van der Waals surface area contributed by atoms with E-state index in [0.29, 0.717) is 5.58 Å². The summed E-state index contributed by atoms with van der Waals surface area (Å²) in [6.45, 7) is 0. The van der Waals surface area contributed by atoms with Crippen molar-refractivity contribution >= 4 is 32.9 Å². The van der Waals surface area contributed by atoms with Crippen LogP contribution in [0.15, 0.2) is 27.4 Å². The quantitative estimate of drug-likeness (QED) is 0.735. The molecule has 0 unspecified atom stereocenters. The molecule has 0 bridgehead atoms. The molecule has 0 saturated heterocycles. The molecule has 0 radical (unpaired) electrons. The van der Waals surface area contributed by atoms with Crippen LogP contribution in [0, 0.1) is 0 Å². The number of pyridine rings is 1. The Morgan fingerprint density at radius 2 is 2.43 bits per heavy atom. The fourth-order valence-corrected chi connectivity index (χ4v) is 1.58. The maximum atomic E-state index is 11.3. The molecule has 0 aliphatic carbocycles. The summed E-state index contributed by atoms with van der Waals surface area (Å²) < 4.78 is 10.6. The number of methoxy groups -OCH3 is 1. The highest BCUT2D eigenvalue weighted by molar-refractivity contribution is 9.10. The Bertz CT molecular complexity index is 492. The largest absolute Gasteiger partial charge is 0.464 e. The van der Waals surface area contributed by atoms with E-state index >= 15 is 0 Å². The van der Waals surface area contributed by atoms with Crippen molar-refractivity contribution < 1.29 is 13.9 Å². The second kappa shape index (κ2) is 3.42. The molecule has 72 valence electrons. The number of halogens is 1. The molecule has 0 atom stereocenters. The van der Waals surface area contributed by atoms with E-state index < -0.39 is 5.97 Å². The number of hydrogen-bond donors (Lipinski definition) is 0. The van der Waals surface area contributed by atoms with E-state index in [0.717, 1.165) is 9.86 Å². The number of rotatable bonds is 1. The van der Waals surface area contributed by atoms with Crippen LogP contribution in [0.4, 0.5) is 0 Å². The first-order chi connectivity index (χ1) is 6.74. The first kappa shape index (κ1) is 9.21. The topological polar surface area (TPSA) is 52.3 Å². The van der Waals surface area contributed by atoms with E-state index in [1.54, 1.807) is 6.07 Å². The molecule has 0 aliphatic heterocycles. The molecule has 0 spiro atoms. The summed E-state index contributed by atoms with van der Waals surface area (Å²) >= 11 is 3.30. The lowest BCUT2D eigenvalue weighted by Crippen LogP contribution is -2.03. The predicted octanol–water partition coefficient (Wildman–Crippen LogP) is 2.38. The maximum Gasteiger partial charge on any atom is 0.360 e. The molecule has 0 N–H and O–H groups in total. The Morgan fingerprint density at radius 1 is 1.64 bits per heavy atom. The van der Waals surface area contributed by atoms with Crippen molar-refractivity contribution in [2.24, 2.45) is 0 Å². The standard InChI is InChI=1S/C9H6BrNO3/c1-13-9(12)7-8-5(2-3-11-7)6(10)4-14-8/h2-4H,1H3. The van der Waals surface area contributed by atoms with Crippen LogP contribution in [-0.2, 0) is 4.74 Å². The molecule has 0 aliphatic rings. The molecular weight excluding hydrogens is 250 g/mol. The average Bonchev–Trinajstić information content (AvgIpc) is 2.59. The summed E-state index contributed by atoms with van der Waals surface area (Å²) in [5.74, 6) is -0.502. The third kappa shape index (κ3) is 1.29. The SMILES string of the molecule is COC(=O)c1nccc2c(Br)coc12. The zero-order chi connectivity index (χ0) is 10.1. The maximum absolute atomic E-state index is 11.3. The van der Waals surface area contributed by atoms with Crippen LogP contribution in [0.1, 0.15) is 10.5 Å². The Labute approximate surface area is 88.0 Å². The van der Waals surface area contributed by atoms with Crippen LogP contribution in [0.25, 0.3) is 11.0 Å². The monoisotopic (exact) mass is 255 g/mol. The van der Waals surface area contributed by atoms with Gasteiger partial charge in [0.15, 0.2) is 11.3 Å². The average molecular weight is 256 g/mol. The van der Waals surface area contributed by atoms with Gasteiger partial charge in [-0.25, -0.2) is 9.78 Å². The Morgan fingerprint density at radius 3 is 3.14 bits per heavy atom. The van der Waals surface area contributed by atoms with Gasteiger partial charge in [-0.2, -0.15) is 0 Å². The normalized spacial score (nSPS) is 10.4. The summed E-state index contributed by atoms with van der Waals surface area (Å²) in [6.07, 6.45) is 3.05. The minimum Gasteiger partial charge on any atom is -0.464 e. The number of aromatic nitrogens is 1. The Hall–Kier alpha value is -1.36. The van der Waals surface area contributed by atoms with Gasteiger partial charge in [0.05, 0.1) is 11.6 Å². The molecule has 2 aromatic rings. The predicted molar refractivity (Wildman–Crippen MR) is 53.0 cm³/mol. The molecule has 0 aromatic carbocycles. The molecule has 2 aromatic heterocycles. The Kier molecular flexibility index (Phi) is 2.25. The lowest BCUT2D eigenvalue weighted by atomic mass is 10.2. The van der Waals surface area contributed by atoms with E-state index in [9.17, 15) is 4.79 Å². The lowest BCUT2D eigenvalue weighted by Gasteiger charge is -1.97. The highest BCUT2D eigenvalue weighted by Crippen LogP contribution is 2.27. The zero-order valence-electron chi connectivity index (χ0n) is 7.28. The number of ether oxygens (including phenoxy) is 1. The van der Waals surface area contributed by atoms with Crippen molar-refractivity contribution in [1.82, 2.24) is 4.98 Å². The van der Waals surface area contributed by atoms with Crippen molar-refractivity contribution in [3.63, 3.8) is 0 Å². The number of furan rings is 1. The summed E-state index contributed by atoms with van der Waals surface area (Å²) in [4.78, 5) is 15.2.